The van der Waals surface area contributed by atoms with Gasteiger partial charge in [-0.3, -0.25) is 4.90 Å². The van der Waals surface area contributed by atoms with Crippen LogP contribution in [0.15, 0.2) is 61.2 Å². The quantitative estimate of drug-likeness (QED) is 0.405. The number of hydrogen-bond donors (Lipinski definition) is 0. The summed E-state index contributed by atoms with van der Waals surface area (Å²) in [5.41, 5.74) is 0.941. The van der Waals surface area contributed by atoms with Gasteiger partial charge in [0.1, 0.15) is 11.3 Å². The number of likely N-dealkylation sites (N-methyl/N-ethyl adjacent to an activating group) is 1. The highest BCUT2D eigenvalue weighted by molar-refractivity contribution is 6.30. The van der Waals surface area contributed by atoms with E-state index >= 15 is 0 Å². The third-order valence-corrected chi connectivity index (χ3v) is 5.08. The SMILES string of the molecule is C=CCC(C(=O)OCC)(c1ccc(Cl)cc1)N(CC)Cc1ccc(OC)cc1. The Morgan fingerprint density at radius 3 is 2.29 bits per heavy atom. The second-order valence-corrected chi connectivity index (χ2v) is 6.88. The summed E-state index contributed by atoms with van der Waals surface area (Å²) in [6.45, 7) is 9.30. The molecule has 0 saturated carbocycles. The van der Waals surface area contributed by atoms with E-state index in [0.29, 0.717) is 31.1 Å². The van der Waals surface area contributed by atoms with Crippen LogP contribution in [0, 0.1) is 0 Å². The summed E-state index contributed by atoms with van der Waals surface area (Å²) >= 11 is 6.09. The lowest BCUT2D eigenvalue weighted by Gasteiger charge is -2.41. The van der Waals surface area contributed by atoms with Crippen LogP contribution in [0.1, 0.15) is 31.4 Å². The third-order valence-electron chi connectivity index (χ3n) is 4.83. The lowest BCUT2D eigenvalue weighted by atomic mass is 9.84. The van der Waals surface area contributed by atoms with E-state index in [1.165, 1.54) is 0 Å². The maximum Gasteiger partial charge on any atom is 0.331 e. The average Bonchev–Trinajstić information content (AvgIpc) is 2.71. The minimum absolute atomic E-state index is 0.285. The van der Waals surface area contributed by atoms with Crippen molar-refractivity contribution in [2.75, 3.05) is 20.3 Å². The van der Waals surface area contributed by atoms with Crippen LogP contribution in [0.5, 0.6) is 5.75 Å². The maximum absolute atomic E-state index is 13.3. The molecule has 28 heavy (non-hydrogen) atoms. The van der Waals surface area contributed by atoms with Crippen LogP contribution in [-0.4, -0.2) is 31.1 Å². The second kappa shape index (κ2) is 10.3. The Morgan fingerprint density at radius 2 is 1.79 bits per heavy atom. The van der Waals surface area contributed by atoms with Gasteiger partial charge >= 0.3 is 5.97 Å². The molecule has 0 spiro atoms. The standard InChI is InChI=1S/C23H28ClNO3/c1-5-16-23(22(26)28-7-3,19-10-12-20(24)13-11-19)25(6-2)17-18-8-14-21(27-4)15-9-18/h5,8-15H,1,6-7,16-17H2,2-4H3. The highest BCUT2D eigenvalue weighted by atomic mass is 35.5. The number of carbonyl (C=O) groups is 1. The Labute approximate surface area is 172 Å². The molecule has 0 amide bonds. The summed E-state index contributed by atoms with van der Waals surface area (Å²) in [7, 11) is 1.64. The van der Waals surface area contributed by atoms with Gasteiger partial charge < -0.3 is 9.47 Å². The molecule has 0 aliphatic rings. The van der Waals surface area contributed by atoms with Crippen LogP contribution in [0.2, 0.25) is 5.02 Å². The van der Waals surface area contributed by atoms with E-state index in [4.69, 9.17) is 21.1 Å². The van der Waals surface area contributed by atoms with E-state index in [9.17, 15) is 4.79 Å². The van der Waals surface area contributed by atoms with Gasteiger partial charge in [0.2, 0.25) is 0 Å². The topological polar surface area (TPSA) is 38.8 Å². The van der Waals surface area contributed by atoms with E-state index < -0.39 is 5.54 Å². The number of ether oxygens (including phenoxy) is 2. The van der Waals surface area contributed by atoms with Crippen LogP contribution in [0.25, 0.3) is 0 Å². The first-order valence-corrected chi connectivity index (χ1v) is 9.81. The fourth-order valence-corrected chi connectivity index (χ4v) is 3.54. The monoisotopic (exact) mass is 401 g/mol. The molecular formula is C23H28ClNO3. The van der Waals surface area contributed by atoms with Gasteiger partial charge in [-0.25, -0.2) is 4.79 Å². The van der Waals surface area contributed by atoms with Crippen molar-refractivity contribution in [2.24, 2.45) is 0 Å². The molecule has 0 aliphatic heterocycles. The van der Waals surface area contributed by atoms with Gasteiger partial charge in [-0.15, -0.1) is 6.58 Å². The first kappa shape index (κ1) is 22.0. The molecule has 0 radical (unpaired) electrons. The fourth-order valence-electron chi connectivity index (χ4n) is 3.41. The van der Waals surface area contributed by atoms with Crippen molar-refractivity contribution in [2.45, 2.75) is 32.4 Å². The Kier molecular flexibility index (Phi) is 8.09. The summed E-state index contributed by atoms with van der Waals surface area (Å²) in [5.74, 6) is 0.514. The molecule has 0 heterocycles. The predicted molar refractivity (Wildman–Crippen MR) is 114 cm³/mol. The molecule has 0 aromatic heterocycles. The summed E-state index contributed by atoms with van der Waals surface area (Å²) in [5, 5.41) is 0.623. The number of halogens is 1. The Balaban J connectivity index is 2.52. The van der Waals surface area contributed by atoms with Crippen LogP contribution in [0.4, 0.5) is 0 Å². The predicted octanol–water partition coefficient (Wildman–Crippen LogP) is 5.21. The normalized spacial score (nSPS) is 13.0. The first-order chi connectivity index (χ1) is 13.5. The molecule has 4 nitrogen and oxygen atoms in total. The summed E-state index contributed by atoms with van der Waals surface area (Å²) < 4.78 is 10.8. The number of carbonyl (C=O) groups excluding carboxylic acids is 1. The Morgan fingerprint density at radius 1 is 1.14 bits per heavy atom. The van der Waals surface area contributed by atoms with Gasteiger partial charge in [0.05, 0.1) is 13.7 Å². The zero-order valence-corrected chi connectivity index (χ0v) is 17.5. The van der Waals surface area contributed by atoms with Crippen LogP contribution in [0.3, 0.4) is 0 Å². The Bertz CT molecular complexity index is 773. The first-order valence-electron chi connectivity index (χ1n) is 9.43. The molecule has 0 aliphatic carbocycles. The van der Waals surface area contributed by atoms with E-state index in [-0.39, 0.29) is 5.97 Å². The largest absolute Gasteiger partial charge is 0.497 e. The maximum atomic E-state index is 13.3. The minimum Gasteiger partial charge on any atom is -0.497 e. The zero-order chi connectivity index (χ0) is 20.6. The van der Waals surface area contributed by atoms with Crippen molar-refractivity contribution in [3.63, 3.8) is 0 Å². The molecule has 0 saturated heterocycles. The lowest BCUT2D eigenvalue weighted by Crippen LogP contribution is -2.52. The molecule has 2 aromatic rings. The molecule has 0 bridgehead atoms. The van der Waals surface area contributed by atoms with E-state index in [1.54, 1.807) is 25.3 Å². The molecule has 150 valence electrons. The van der Waals surface area contributed by atoms with Crippen molar-refractivity contribution in [3.05, 3.63) is 77.3 Å². The molecule has 5 heteroatoms. The number of esters is 1. The van der Waals surface area contributed by atoms with Crippen LogP contribution < -0.4 is 4.74 Å². The molecule has 0 N–H and O–H groups in total. The molecule has 1 atom stereocenters. The van der Waals surface area contributed by atoms with Gasteiger partial charge in [0.25, 0.3) is 0 Å². The van der Waals surface area contributed by atoms with Crippen molar-refractivity contribution in [1.82, 2.24) is 4.90 Å². The second-order valence-electron chi connectivity index (χ2n) is 6.44. The van der Waals surface area contributed by atoms with Gasteiger partial charge in [0, 0.05) is 11.6 Å². The molecule has 2 rings (SSSR count). The van der Waals surface area contributed by atoms with Crippen LogP contribution in [-0.2, 0) is 21.6 Å². The van der Waals surface area contributed by atoms with Gasteiger partial charge in [-0.05, 0) is 55.3 Å². The third kappa shape index (κ3) is 4.75. The minimum atomic E-state index is -0.975. The highest BCUT2D eigenvalue weighted by Gasteiger charge is 2.45. The van der Waals surface area contributed by atoms with Crippen LogP contribution >= 0.6 is 11.6 Å². The van der Waals surface area contributed by atoms with Crippen molar-refractivity contribution < 1.29 is 14.3 Å². The van der Waals surface area contributed by atoms with Crippen molar-refractivity contribution in [1.29, 1.82) is 0 Å². The number of nitrogens with zero attached hydrogens (tertiary/aromatic N) is 1. The van der Waals surface area contributed by atoms with E-state index in [0.717, 1.165) is 16.9 Å². The summed E-state index contributed by atoms with van der Waals surface area (Å²) in [4.78, 5) is 15.4. The van der Waals surface area contributed by atoms with Crippen molar-refractivity contribution in [3.8, 4) is 5.75 Å². The number of benzene rings is 2. The van der Waals surface area contributed by atoms with Gasteiger partial charge in [-0.1, -0.05) is 48.9 Å². The van der Waals surface area contributed by atoms with E-state index in [2.05, 4.69) is 11.5 Å². The Hall–Kier alpha value is -2.30. The number of rotatable bonds is 10. The zero-order valence-electron chi connectivity index (χ0n) is 16.8. The molecular weight excluding hydrogens is 374 g/mol. The summed E-state index contributed by atoms with van der Waals surface area (Å²) in [6, 6.07) is 15.2. The fraction of sp³-hybridized carbons (Fsp3) is 0.348. The van der Waals surface area contributed by atoms with Crippen molar-refractivity contribution >= 4 is 17.6 Å². The van der Waals surface area contributed by atoms with E-state index in [1.807, 2.05) is 50.2 Å². The highest BCUT2D eigenvalue weighted by Crippen LogP contribution is 2.36. The smallest absolute Gasteiger partial charge is 0.331 e. The number of methoxy groups -OCH3 is 1. The molecule has 0 fully saturated rings. The molecule has 1 unspecified atom stereocenters. The van der Waals surface area contributed by atoms with Gasteiger partial charge in [-0.2, -0.15) is 0 Å². The average molecular weight is 402 g/mol. The molecule has 2 aromatic carbocycles. The number of hydrogen-bond acceptors (Lipinski definition) is 4. The summed E-state index contributed by atoms with van der Waals surface area (Å²) in [6.07, 6.45) is 2.19. The van der Waals surface area contributed by atoms with Gasteiger partial charge in [0.15, 0.2) is 0 Å². The lowest BCUT2D eigenvalue weighted by molar-refractivity contribution is -0.159.